The molecule has 1 rings (SSSR count). The van der Waals surface area contributed by atoms with Gasteiger partial charge in [0, 0.05) is 6.10 Å². The Kier molecular flexibility index (Phi) is 4.42. The van der Waals surface area contributed by atoms with Crippen molar-refractivity contribution in [1.29, 1.82) is 0 Å². The lowest BCUT2D eigenvalue weighted by molar-refractivity contribution is 0.0404. The Morgan fingerprint density at radius 2 is 1.73 bits per heavy atom. The van der Waals surface area contributed by atoms with Gasteiger partial charge in [0.15, 0.2) is 8.32 Å². The van der Waals surface area contributed by atoms with Crippen LogP contribution in [0.4, 0.5) is 0 Å². The van der Waals surface area contributed by atoms with Crippen LogP contribution in [0.2, 0.25) is 19.6 Å². The van der Waals surface area contributed by atoms with Crippen molar-refractivity contribution in [2.24, 2.45) is 17.8 Å². The quantitative estimate of drug-likeness (QED) is 0.655. The van der Waals surface area contributed by atoms with Crippen molar-refractivity contribution in [2.45, 2.75) is 65.8 Å². The summed E-state index contributed by atoms with van der Waals surface area (Å²) in [6.45, 7) is 14.0. The van der Waals surface area contributed by atoms with Gasteiger partial charge in [-0.05, 0) is 50.2 Å². The molecule has 0 N–H and O–H groups in total. The van der Waals surface area contributed by atoms with Crippen molar-refractivity contribution in [1.82, 2.24) is 0 Å². The van der Waals surface area contributed by atoms with Crippen LogP contribution in [0.25, 0.3) is 0 Å². The highest BCUT2D eigenvalue weighted by atomic mass is 28.4. The van der Waals surface area contributed by atoms with Crippen molar-refractivity contribution in [3.8, 4) is 0 Å². The topological polar surface area (TPSA) is 9.23 Å². The van der Waals surface area contributed by atoms with Crippen molar-refractivity contribution < 1.29 is 4.43 Å². The van der Waals surface area contributed by atoms with Gasteiger partial charge in [0.05, 0.1) is 0 Å². The fourth-order valence-corrected chi connectivity index (χ4v) is 3.88. The fourth-order valence-electron chi connectivity index (χ4n) is 2.70. The predicted molar refractivity (Wildman–Crippen MR) is 69.6 cm³/mol. The molecule has 1 aliphatic carbocycles. The summed E-state index contributed by atoms with van der Waals surface area (Å²) in [5.41, 5.74) is 0. The van der Waals surface area contributed by atoms with E-state index in [-0.39, 0.29) is 0 Å². The molecule has 0 saturated heterocycles. The van der Waals surface area contributed by atoms with Crippen LogP contribution in [0.3, 0.4) is 0 Å². The number of hydrogen-bond acceptors (Lipinski definition) is 1. The van der Waals surface area contributed by atoms with Gasteiger partial charge < -0.3 is 4.43 Å². The Morgan fingerprint density at radius 3 is 2.20 bits per heavy atom. The highest BCUT2D eigenvalue weighted by Gasteiger charge is 2.34. The third-order valence-electron chi connectivity index (χ3n) is 3.47. The van der Waals surface area contributed by atoms with Gasteiger partial charge in [-0.3, -0.25) is 0 Å². The van der Waals surface area contributed by atoms with Crippen molar-refractivity contribution in [2.75, 3.05) is 0 Å². The molecule has 0 bridgehead atoms. The summed E-state index contributed by atoms with van der Waals surface area (Å²) < 4.78 is 6.36. The largest absolute Gasteiger partial charge is 0.414 e. The molecule has 3 atom stereocenters. The first-order valence-electron chi connectivity index (χ1n) is 6.47. The minimum Gasteiger partial charge on any atom is -0.414 e. The average molecular weight is 228 g/mol. The van der Waals surface area contributed by atoms with E-state index in [1.54, 1.807) is 0 Å². The molecule has 0 aromatic rings. The van der Waals surface area contributed by atoms with Gasteiger partial charge in [-0.2, -0.15) is 0 Å². The molecule has 0 unspecified atom stereocenters. The molecule has 0 aromatic carbocycles. The Hall–Kier alpha value is 0.177. The van der Waals surface area contributed by atoms with Gasteiger partial charge in [-0.25, -0.2) is 0 Å². The molecule has 1 fully saturated rings. The van der Waals surface area contributed by atoms with Crippen LogP contribution in [-0.2, 0) is 4.43 Å². The first-order valence-corrected chi connectivity index (χ1v) is 9.88. The summed E-state index contributed by atoms with van der Waals surface area (Å²) in [7, 11) is -1.36. The second kappa shape index (κ2) is 5.01. The third kappa shape index (κ3) is 4.27. The Labute approximate surface area is 96.7 Å². The maximum Gasteiger partial charge on any atom is 0.184 e. The molecule has 0 heterocycles. The fraction of sp³-hybridized carbons (Fsp3) is 1.00. The SMILES string of the molecule is CC(C)[C@@H]1CC[C@@H](C)C[C@@H]1O[Si](C)(C)C. The van der Waals surface area contributed by atoms with Gasteiger partial charge in [-0.1, -0.05) is 27.2 Å². The van der Waals surface area contributed by atoms with Crippen LogP contribution in [0.15, 0.2) is 0 Å². The number of rotatable bonds is 3. The zero-order valence-corrected chi connectivity index (χ0v) is 12.3. The van der Waals surface area contributed by atoms with Gasteiger partial charge >= 0.3 is 0 Å². The van der Waals surface area contributed by atoms with Crippen LogP contribution < -0.4 is 0 Å². The molecule has 1 aliphatic rings. The van der Waals surface area contributed by atoms with Gasteiger partial charge in [-0.15, -0.1) is 0 Å². The highest BCUT2D eigenvalue weighted by Crippen LogP contribution is 2.36. The molecule has 0 aliphatic heterocycles. The van der Waals surface area contributed by atoms with E-state index in [0.29, 0.717) is 6.10 Å². The van der Waals surface area contributed by atoms with Gasteiger partial charge in [0.1, 0.15) is 0 Å². The van der Waals surface area contributed by atoms with E-state index in [1.165, 1.54) is 19.3 Å². The molecule has 0 radical (unpaired) electrons. The molecule has 1 nitrogen and oxygen atoms in total. The van der Waals surface area contributed by atoms with Gasteiger partial charge in [0.2, 0.25) is 0 Å². The lowest BCUT2D eigenvalue weighted by Crippen LogP contribution is -2.41. The maximum atomic E-state index is 6.36. The van der Waals surface area contributed by atoms with E-state index in [4.69, 9.17) is 4.43 Å². The highest BCUT2D eigenvalue weighted by molar-refractivity contribution is 6.69. The minimum atomic E-state index is -1.36. The molecule has 2 heteroatoms. The van der Waals surface area contributed by atoms with Crippen LogP contribution in [0.1, 0.15) is 40.0 Å². The van der Waals surface area contributed by atoms with Crippen molar-refractivity contribution in [3.05, 3.63) is 0 Å². The molecule has 1 saturated carbocycles. The predicted octanol–water partition coefficient (Wildman–Crippen LogP) is 4.30. The van der Waals surface area contributed by atoms with E-state index < -0.39 is 8.32 Å². The van der Waals surface area contributed by atoms with Crippen LogP contribution in [-0.4, -0.2) is 14.4 Å². The summed E-state index contributed by atoms with van der Waals surface area (Å²) in [6, 6.07) is 0. The smallest absolute Gasteiger partial charge is 0.184 e. The second-order valence-electron chi connectivity index (χ2n) is 6.59. The lowest BCUT2D eigenvalue weighted by Gasteiger charge is -2.40. The van der Waals surface area contributed by atoms with Crippen molar-refractivity contribution >= 4 is 8.32 Å². The summed E-state index contributed by atoms with van der Waals surface area (Å²) in [5, 5.41) is 0. The molecule has 0 aromatic heterocycles. The summed E-state index contributed by atoms with van der Waals surface area (Å²) in [4.78, 5) is 0. The molecule has 0 spiro atoms. The Bertz CT molecular complexity index is 195. The zero-order chi connectivity index (χ0) is 11.6. The minimum absolute atomic E-state index is 0.542. The number of hydrogen-bond donors (Lipinski definition) is 0. The Balaban J connectivity index is 2.62. The monoisotopic (exact) mass is 228 g/mol. The normalized spacial score (nSPS) is 33.4. The molecule has 15 heavy (non-hydrogen) atoms. The first kappa shape index (κ1) is 13.2. The molecular weight excluding hydrogens is 200 g/mol. The van der Waals surface area contributed by atoms with E-state index in [0.717, 1.165) is 17.8 Å². The maximum absolute atomic E-state index is 6.36. The van der Waals surface area contributed by atoms with E-state index in [2.05, 4.69) is 40.4 Å². The van der Waals surface area contributed by atoms with Crippen molar-refractivity contribution in [3.63, 3.8) is 0 Å². The van der Waals surface area contributed by atoms with Crippen LogP contribution in [0.5, 0.6) is 0 Å². The average Bonchev–Trinajstić information content (AvgIpc) is 1.99. The van der Waals surface area contributed by atoms with E-state index in [1.807, 2.05) is 0 Å². The van der Waals surface area contributed by atoms with Crippen LogP contribution in [0, 0.1) is 17.8 Å². The summed E-state index contributed by atoms with van der Waals surface area (Å²) in [5.74, 6) is 2.44. The third-order valence-corrected chi connectivity index (χ3v) is 4.48. The second-order valence-corrected chi connectivity index (χ2v) is 11.1. The molecule has 0 amide bonds. The van der Waals surface area contributed by atoms with Gasteiger partial charge in [0.25, 0.3) is 0 Å². The zero-order valence-electron chi connectivity index (χ0n) is 11.3. The standard InChI is InChI=1S/C13H28OSi/c1-10(2)12-8-7-11(3)9-13(12)14-15(4,5)6/h10-13H,7-9H2,1-6H3/t11-,12+,13+/m1/s1. The van der Waals surface area contributed by atoms with E-state index >= 15 is 0 Å². The Morgan fingerprint density at radius 1 is 1.13 bits per heavy atom. The van der Waals surface area contributed by atoms with E-state index in [9.17, 15) is 0 Å². The first-order chi connectivity index (χ1) is 6.79. The summed E-state index contributed by atoms with van der Waals surface area (Å²) in [6.07, 6.45) is 4.59. The molecule has 90 valence electrons. The van der Waals surface area contributed by atoms with Crippen LogP contribution >= 0.6 is 0 Å². The summed E-state index contributed by atoms with van der Waals surface area (Å²) >= 11 is 0. The molecular formula is C13H28OSi. The lowest BCUT2D eigenvalue weighted by atomic mass is 9.75.